The standard InChI is InChI=1S/C20H41N3O2.CH4/c1-4-5-6-7-8-9-10-12-15-19(24)23(3)18(2)20(25)22-17-14-11-13-16-21;/h18H,4-17,21H2,1-3H3,(H,22,25);1H4. The number of nitrogens with zero attached hydrogens (tertiary/aromatic N) is 1. The van der Waals surface area contributed by atoms with Crippen molar-refractivity contribution in [1.29, 1.82) is 0 Å². The van der Waals surface area contributed by atoms with Crippen LogP contribution in [-0.4, -0.2) is 42.9 Å². The van der Waals surface area contributed by atoms with Crippen LogP contribution in [0.2, 0.25) is 0 Å². The molecule has 0 spiro atoms. The van der Waals surface area contributed by atoms with E-state index in [0.717, 1.165) is 32.1 Å². The number of carbonyl (C=O) groups is 2. The summed E-state index contributed by atoms with van der Waals surface area (Å²) in [7, 11) is 1.73. The van der Waals surface area contributed by atoms with Crippen molar-refractivity contribution in [2.24, 2.45) is 5.73 Å². The van der Waals surface area contributed by atoms with Gasteiger partial charge in [-0.15, -0.1) is 0 Å². The number of carbonyl (C=O) groups excluding carboxylic acids is 2. The van der Waals surface area contributed by atoms with Gasteiger partial charge in [0.25, 0.3) is 0 Å². The van der Waals surface area contributed by atoms with Crippen molar-refractivity contribution in [3.05, 3.63) is 0 Å². The second-order valence-corrected chi connectivity index (χ2v) is 7.05. The molecular weight excluding hydrogens is 326 g/mol. The largest absolute Gasteiger partial charge is 0.354 e. The summed E-state index contributed by atoms with van der Waals surface area (Å²) < 4.78 is 0. The van der Waals surface area contributed by atoms with Crippen molar-refractivity contribution >= 4 is 11.8 Å². The molecule has 0 rings (SSSR count). The number of hydrogen-bond donors (Lipinski definition) is 2. The van der Waals surface area contributed by atoms with Crippen molar-refractivity contribution in [1.82, 2.24) is 10.2 Å². The monoisotopic (exact) mass is 371 g/mol. The zero-order valence-corrected chi connectivity index (χ0v) is 16.8. The van der Waals surface area contributed by atoms with Gasteiger partial charge >= 0.3 is 0 Å². The first kappa shape index (κ1) is 27.1. The lowest BCUT2D eigenvalue weighted by Crippen LogP contribution is -2.46. The summed E-state index contributed by atoms with van der Waals surface area (Å²) in [5, 5.41) is 2.90. The van der Waals surface area contributed by atoms with Crippen molar-refractivity contribution < 1.29 is 9.59 Å². The highest BCUT2D eigenvalue weighted by Crippen LogP contribution is 2.11. The minimum atomic E-state index is -0.406. The van der Waals surface area contributed by atoms with Crippen LogP contribution in [0.5, 0.6) is 0 Å². The van der Waals surface area contributed by atoms with E-state index >= 15 is 0 Å². The summed E-state index contributed by atoms with van der Waals surface area (Å²) in [6.45, 7) is 5.37. The maximum Gasteiger partial charge on any atom is 0.242 e. The van der Waals surface area contributed by atoms with E-state index in [1.807, 2.05) is 0 Å². The topological polar surface area (TPSA) is 75.4 Å². The molecule has 2 amide bonds. The Balaban J connectivity index is 0. The second-order valence-electron chi connectivity index (χ2n) is 7.05. The SMILES string of the molecule is C.CCCCCCCCCCC(=O)N(C)C(C)C(=O)NCCCCCN. The molecule has 0 fully saturated rings. The molecule has 156 valence electrons. The van der Waals surface area contributed by atoms with E-state index in [-0.39, 0.29) is 19.2 Å². The molecule has 0 aromatic heterocycles. The molecule has 0 heterocycles. The van der Waals surface area contributed by atoms with Crippen LogP contribution in [0, 0.1) is 0 Å². The molecule has 0 aromatic rings. The van der Waals surface area contributed by atoms with Gasteiger partial charge in [0.05, 0.1) is 0 Å². The van der Waals surface area contributed by atoms with Gasteiger partial charge in [-0.1, -0.05) is 65.7 Å². The predicted molar refractivity (Wildman–Crippen MR) is 112 cm³/mol. The molecule has 0 saturated heterocycles. The predicted octanol–water partition coefficient (Wildman–Crippen LogP) is 4.25. The average Bonchev–Trinajstić information content (AvgIpc) is 2.62. The van der Waals surface area contributed by atoms with E-state index < -0.39 is 6.04 Å². The van der Waals surface area contributed by atoms with Crippen molar-refractivity contribution in [3.8, 4) is 0 Å². The van der Waals surface area contributed by atoms with Gasteiger partial charge in [-0.2, -0.15) is 0 Å². The summed E-state index contributed by atoms with van der Waals surface area (Å²) in [6, 6.07) is -0.406. The second kappa shape index (κ2) is 18.7. The Morgan fingerprint density at radius 1 is 0.923 bits per heavy atom. The third-order valence-corrected chi connectivity index (χ3v) is 4.78. The van der Waals surface area contributed by atoms with Crippen molar-refractivity contribution in [2.75, 3.05) is 20.1 Å². The number of hydrogen-bond acceptors (Lipinski definition) is 3. The average molecular weight is 372 g/mol. The first-order valence-corrected chi connectivity index (χ1v) is 10.3. The first-order valence-electron chi connectivity index (χ1n) is 10.3. The number of nitrogens with one attached hydrogen (secondary N) is 1. The molecule has 26 heavy (non-hydrogen) atoms. The number of likely N-dealkylation sites (N-methyl/N-ethyl adjacent to an activating group) is 1. The fourth-order valence-electron chi connectivity index (χ4n) is 2.78. The number of amides is 2. The summed E-state index contributed by atoms with van der Waals surface area (Å²) >= 11 is 0. The summed E-state index contributed by atoms with van der Waals surface area (Å²) in [5.41, 5.74) is 5.45. The lowest BCUT2D eigenvalue weighted by Gasteiger charge is -2.24. The van der Waals surface area contributed by atoms with Gasteiger partial charge in [0.15, 0.2) is 0 Å². The first-order chi connectivity index (χ1) is 12.0. The van der Waals surface area contributed by atoms with Crippen LogP contribution in [0.4, 0.5) is 0 Å². The van der Waals surface area contributed by atoms with Gasteiger partial charge in [0, 0.05) is 20.0 Å². The molecule has 0 aliphatic carbocycles. The molecule has 5 nitrogen and oxygen atoms in total. The third kappa shape index (κ3) is 14.1. The van der Waals surface area contributed by atoms with Gasteiger partial charge < -0.3 is 16.0 Å². The van der Waals surface area contributed by atoms with E-state index in [4.69, 9.17) is 5.73 Å². The Labute approximate surface area is 162 Å². The van der Waals surface area contributed by atoms with Crippen molar-refractivity contribution in [2.45, 2.75) is 104 Å². The van der Waals surface area contributed by atoms with Crippen LogP contribution in [-0.2, 0) is 9.59 Å². The van der Waals surface area contributed by atoms with Crippen LogP contribution >= 0.6 is 0 Å². The minimum absolute atomic E-state index is 0. The molecule has 0 bridgehead atoms. The lowest BCUT2D eigenvalue weighted by atomic mass is 10.1. The molecule has 0 aliphatic heterocycles. The molecule has 0 saturated carbocycles. The molecule has 1 unspecified atom stereocenters. The molecule has 3 N–H and O–H groups in total. The zero-order chi connectivity index (χ0) is 18.9. The maximum atomic E-state index is 12.2. The van der Waals surface area contributed by atoms with Gasteiger partial charge in [0.1, 0.15) is 6.04 Å². The Bertz CT molecular complexity index is 348. The quantitative estimate of drug-likeness (QED) is 0.398. The van der Waals surface area contributed by atoms with E-state index in [9.17, 15) is 9.59 Å². The normalized spacial score (nSPS) is 11.5. The summed E-state index contributed by atoms with van der Waals surface area (Å²) in [5.74, 6) is -0.00344. The maximum absolute atomic E-state index is 12.2. The van der Waals surface area contributed by atoms with Crippen LogP contribution in [0.1, 0.15) is 98.3 Å². The number of unbranched alkanes of at least 4 members (excludes halogenated alkanes) is 9. The Kier molecular flexibility index (Phi) is 19.5. The van der Waals surface area contributed by atoms with Crippen LogP contribution in [0.15, 0.2) is 0 Å². The van der Waals surface area contributed by atoms with E-state index in [2.05, 4.69) is 12.2 Å². The highest BCUT2D eigenvalue weighted by Gasteiger charge is 2.21. The fourth-order valence-corrected chi connectivity index (χ4v) is 2.78. The van der Waals surface area contributed by atoms with Crippen LogP contribution < -0.4 is 11.1 Å². The fraction of sp³-hybridized carbons (Fsp3) is 0.905. The highest BCUT2D eigenvalue weighted by atomic mass is 16.2. The lowest BCUT2D eigenvalue weighted by molar-refractivity contribution is -0.138. The van der Waals surface area contributed by atoms with Gasteiger partial charge in [-0.05, 0) is 32.7 Å². The molecule has 1 atom stereocenters. The van der Waals surface area contributed by atoms with E-state index in [0.29, 0.717) is 19.5 Å². The summed E-state index contributed by atoms with van der Waals surface area (Å²) in [4.78, 5) is 25.9. The number of rotatable bonds is 16. The molecular formula is C21H45N3O2. The van der Waals surface area contributed by atoms with Gasteiger partial charge in [0.2, 0.25) is 11.8 Å². The van der Waals surface area contributed by atoms with E-state index in [1.54, 1.807) is 18.9 Å². The van der Waals surface area contributed by atoms with Gasteiger partial charge in [-0.3, -0.25) is 9.59 Å². The van der Waals surface area contributed by atoms with Crippen LogP contribution in [0.25, 0.3) is 0 Å². The number of nitrogens with two attached hydrogens (primary N) is 1. The highest BCUT2D eigenvalue weighted by molar-refractivity contribution is 5.87. The summed E-state index contributed by atoms with van der Waals surface area (Å²) in [6.07, 6.45) is 13.2. The molecule has 5 heteroatoms. The van der Waals surface area contributed by atoms with Crippen LogP contribution in [0.3, 0.4) is 0 Å². The van der Waals surface area contributed by atoms with Gasteiger partial charge in [-0.25, -0.2) is 0 Å². The Morgan fingerprint density at radius 3 is 2.04 bits per heavy atom. The zero-order valence-electron chi connectivity index (χ0n) is 16.8. The molecule has 0 radical (unpaired) electrons. The smallest absolute Gasteiger partial charge is 0.242 e. The molecule has 0 aromatic carbocycles. The Morgan fingerprint density at radius 2 is 1.46 bits per heavy atom. The Hall–Kier alpha value is -1.10. The van der Waals surface area contributed by atoms with Crippen molar-refractivity contribution in [3.63, 3.8) is 0 Å². The molecule has 0 aliphatic rings. The minimum Gasteiger partial charge on any atom is -0.354 e. The third-order valence-electron chi connectivity index (χ3n) is 4.78. The van der Waals surface area contributed by atoms with E-state index in [1.165, 1.54) is 38.5 Å².